The Morgan fingerprint density at radius 3 is 2.35 bits per heavy atom. The Hall–Kier alpha value is -1.45. The molecule has 112 valence electrons. The molecule has 20 heavy (non-hydrogen) atoms. The van der Waals surface area contributed by atoms with Crippen LogP contribution in [0.1, 0.15) is 56.2 Å². The molecule has 0 unspecified atom stereocenters. The highest BCUT2D eigenvalue weighted by molar-refractivity contribution is 5.66. The molecule has 0 spiro atoms. The van der Waals surface area contributed by atoms with Gasteiger partial charge in [0.15, 0.2) is 0 Å². The standard InChI is InChI=1S/C16H22F2O2/c1-3-12-8-9-14(11-13(12)4-2)16(17,18)10-6-5-7-15(19)20/h8-9,11H,3-7,10H2,1-2H3,(H,19,20). The van der Waals surface area contributed by atoms with E-state index in [2.05, 4.69) is 0 Å². The maximum atomic E-state index is 14.1. The molecule has 0 fully saturated rings. The number of aryl methyl sites for hydroxylation is 2. The van der Waals surface area contributed by atoms with Crippen molar-refractivity contribution in [3.8, 4) is 0 Å². The Bertz CT molecular complexity index is 456. The summed E-state index contributed by atoms with van der Waals surface area (Å²) in [7, 11) is 0. The molecular formula is C16H22F2O2. The van der Waals surface area contributed by atoms with Gasteiger partial charge < -0.3 is 5.11 Å². The third kappa shape index (κ3) is 4.58. The molecule has 0 saturated heterocycles. The quantitative estimate of drug-likeness (QED) is 0.711. The van der Waals surface area contributed by atoms with Crippen molar-refractivity contribution in [3.63, 3.8) is 0 Å². The topological polar surface area (TPSA) is 37.3 Å². The summed E-state index contributed by atoms with van der Waals surface area (Å²) in [5.74, 6) is -3.82. The molecule has 1 aromatic rings. The summed E-state index contributed by atoms with van der Waals surface area (Å²) < 4.78 is 28.2. The Morgan fingerprint density at radius 2 is 1.80 bits per heavy atom. The van der Waals surface area contributed by atoms with E-state index in [9.17, 15) is 13.6 Å². The molecule has 0 aromatic heterocycles. The van der Waals surface area contributed by atoms with Crippen LogP contribution in [0.4, 0.5) is 8.78 Å². The fourth-order valence-corrected chi connectivity index (χ4v) is 2.30. The number of hydrogen-bond acceptors (Lipinski definition) is 1. The average molecular weight is 284 g/mol. The molecule has 0 bridgehead atoms. The van der Waals surface area contributed by atoms with Crippen LogP contribution in [0.15, 0.2) is 18.2 Å². The summed E-state index contributed by atoms with van der Waals surface area (Å²) in [6.07, 6.45) is 1.74. The second-order valence-electron chi connectivity index (χ2n) is 5.00. The van der Waals surface area contributed by atoms with E-state index in [1.165, 1.54) is 6.07 Å². The van der Waals surface area contributed by atoms with Crippen molar-refractivity contribution >= 4 is 5.97 Å². The molecule has 0 radical (unpaired) electrons. The summed E-state index contributed by atoms with van der Waals surface area (Å²) in [4.78, 5) is 10.4. The van der Waals surface area contributed by atoms with Crippen molar-refractivity contribution in [1.29, 1.82) is 0 Å². The van der Waals surface area contributed by atoms with Crippen molar-refractivity contribution in [2.24, 2.45) is 0 Å². The molecule has 0 heterocycles. The van der Waals surface area contributed by atoms with Gasteiger partial charge in [0, 0.05) is 18.4 Å². The Morgan fingerprint density at radius 1 is 1.15 bits per heavy atom. The van der Waals surface area contributed by atoms with Crippen molar-refractivity contribution in [2.45, 2.75) is 58.3 Å². The van der Waals surface area contributed by atoms with Gasteiger partial charge in [-0.25, -0.2) is 8.78 Å². The zero-order valence-electron chi connectivity index (χ0n) is 12.1. The molecule has 1 aromatic carbocycles. The van der Waals surface area contributed by atoms with Gasteiger partial charge in [-0.05, 0) is 42.9 Å². The maximum absolute atomic E-state index is 14.1. The van der Waals surface area contributed by atoms with E-state index in [1.807, 2.05) is 13.8 Å². The summed E-state index contributed by atoms with van der Waals surface area (Å²) in [6, 6.07) is 4.87. The van der Waals surface area contributed by atoms with Crippen LogP contribution in [-0.2, 0) is 23.6 Å². The van der Waals surface area contributed by atoms with Crippen LogP contribution in [0.25, 0.3) is 0 Å². The zero-order chi connectivity index (χ0) is 15.2. The molecule has 0 aliphatic rings. The lowest BCUT2D eigenvalue weighted by atomic mass is 9.95. The first-order valence-electron chi connectivity index (χ1n) is 7.12. The minimum Gasteiger partial charge on any atom is -0.481 e. The Kier molecular flexibility index (Phi) is 6.11. The minimum absolute atomic E-state index is 0.0434. The molecule has 2 nitrogen and oxygen atoms in total. The van der Waals surface area contributed by atoms with Crippen molar-refractivity contribution < 1.29 is 18.7 Å². The Balaban J connectivity index is 2.73. The molecule has 4 heteroatoms. The second-order valence-corrected chi connectivity index (χ2v) is 5.00. The van der Waals surface area contributed by atoms with E-state index in [-0.39, 0.29) is 24.8 Å². The molecule has 0 saturated carbocycles. The summed E-state index contributed by atoms with van der Waals surface area (Å²) in [5.41, 5.74) is 2.12. The molecule has 1 N–H and O–H groups in total. The molecular weight excluding hydrogens is 262 g/mol. The molecule has 1 rings (SSSR count). The predicted molar refractivity (Wildman–Crippen MR) is 75.2 cm³/mol. The van der Waals surface area contributed by atoms with Crippen LogP contribution in [0.5, 0.6) is 0 Å². The Labute approximate surface area is 118 Å². The SMILES string of the molecule is CCc1ccc(C(F)(F)CCCCC(=O)O)cc1CC. The second kappa shape index (κ2) is 7.36. The van der Waals surface area contributed by atoms with Crippen LogP contribution in [0.2, 0.25) is 0 Å². The van der Waals surface area contributed by atoms with Gasteiger partial charge >= 0.3 is 5.97 Å². The van der Waals surface area contributed by atoms with E-state index in [0.717, 1.165) is 24.0 Å². The fraction of sp³-hybridized carbons (Fsp3) is 0.562. The largest absolute Gasteiger partial charge is 0.481 e. The van der Waals surface area contributed by atoms with Crippen LogP contribution in [0.3, 0.4) is 0 Å². The van der Waals surface area contributed by atoms with Gasteiger partial charge in [0.1, 0.15) is 0 Å². The average Bonchev–Trinajstić information content (AvgIpc) is 2.42. The van der Waals surface area contributed by atoms with Crippen LogP contribution in [-0.4, -0.2) is 11.1 Å². The molecule has 0 atom stereocenters. The number of carbonyl (C=O) groups is 1. The first-order valence-corrected chi connectivity index (χ1v) is 7.12. The molecule has 0 aliphatic carbocycles. The van der Waals surface area contributed by atoms with Crippen molar-refractivity contribution in [3.05, 3.63) is 34.9 Å². The van der Waals surface area contributed by atoms with Gasteiger partial charge in [0.2, 0.25) is 0 Å². The van der Waals surface area contributed by atoms with E-state index in [0.29, 0.717) is 6.42 Å². The highest BCUT2D eigenvalue weighted by atomic mass is 19.3. The number of hydrogen-bond donors (Lipinski definition) is 1. The number of carboxylic acid groups (broad SMARTS) is 1. The number of benzene rings is 1. The lowest BCUT2D eigenvalue weighted by molar-refractivity contribution is -0.137. The van der Waals surface area contributed by atoms with Crippen LogP contribution in [0, 0.1) is 0 Å². The van der Waals surface area contributed by atoms with Gasteiger partial charge in [-0.1, -0.05) is 26.0 Å². The lowest BCUT2D eigenvalue weighted by Gasteiger charge is -2.18. The van der Waals surface area contributed by atoms with Gasteiger partial charge in [0.05, 0.1) is 0 Å². The number of halogens is 2. The van der Waals surface area contributed by atoms with E-state index < -0.39 is 11.9 Å². The van der Waals surface area contributed by atoms with Gasteiger partial charge in [0.25, 0.3) is 5.92 Å². The third-order valence-electron chi connectivity index (χ3n) is 3.52. The number of alkyl halides is 2. The van der Waals surface area contributed by atoms with Crippen molar-refractivity contribution in [1.82, 2.24) is 0 Å². The molecule has 0 aliphatic heterocycles. The third-order valence-corrected chi connectivity index (χ3v) is 3.52. The summed E-state index contributed by atoms with van der Waals surface area (Å²) >= 11 is 0. The fourth-order valence-electron chi connectivity index (χ4n) is 2.30. The van der Waals surface area contributed by atoms with E-state index in [4.69, 9.17) is 5.11 Å². The zero-order valence-corrected chi connectivity index (χ0v) is 12.1. The van der Waals surface area contributed by atoms with E-state index in [1.54, 1.807) is 12.1 Å². The van der Waals surface area contributed by atoms with Crippen molar-refractivity contribution in [2.75, 3.05) is 0 Å². The minimum atomic E-state index is -2.88. The van der Waals surface area contributed by atoms with Gasteiger partial charge in [-0.3, -0.25) is 4.79 Å². The molecule has 0 amide bonds. The monoisotopic (exact) mass is 284 g/mol. The van der Waals surface area contributed by atoms with Crippen LogP contribution >= 0.6 is 0 Å². The summed E-state index contributed by atoms with van der Waals surface area (Å²) in [6.45, 7) is 3.97. The lowest BCUT2D eigenvalue weighted by Crippen LogP contribution is -2.14. The maximum Gasteiger partial charge on any atom is 0.303 e. The van der Waals surface area contributed by atoms with Gasteiger partial charge in [-0.2, -0.15) is 0 Å². The van der Waals surface area contributed by atoms with E-state index >= 15 is 0 Å². The van der Waals surface area contributed by atoms with Crippen LogP contribution < -0.4 is 0 Å². The highest BCUT2D eigenvalue weighted by Crippen LogP contribution is 2.34. The number of rotatable bonds is 8. The summed E-state index contributed by atoms with van der Waals surface area (Å²) in [5, 5.41) is 8.50. The highest BCUT2D eigenvalue weighted by Gasteiger charge is 2.31. The number of carboxylic acids is 1. The normalized spacial score (nSPS) is 11.6. The first kappa shape index (κ1) is 16.6. The smallest absolute Gasteiger partial charge is 0.303 e. The van der Waals surface area contributed by atoms with Gasteiger partial charge in [-0.15, -0.1) is 0 Å². The first-order chi connectivity index (χ1) is 9.40. The number of unbranched alkanes of at least 4 members (excludes halogenated alkanes) is 1. The number of aliphatic carboxylic acids is 1. The predicted octanol–water partition coefficient (Wildman–Crippen LogP) is 4.55.